The van der Waals surface area contributed by atoms with Crippen LogP contribution in [0, 0.1) is 0 Å². The van der Waals surface area contributed by atoms with E-state index in [-0.39, 0.29) is 11.2 Å². The highest BCUT2D eigenvalue weighted by molar-refractivity contribution is 5.19. The van der Waals surface area contributed by atoms with Crippen LogP contribution in [0.3, 0.4) is 0 Å². The smallest absolute Gasteiger partial charge is 0.280 e. The van der Waals surface area contributed by atoms with Gasteiger partial charge in [-0.05, 0) is 27.2 Å². The fraction of sp³-hybridized carbons (Fsp3) is 0.750. The van der Waals surface area contributed by atoms with Gasteiger partial charge in [0.05, 0.1) is 6.20 Å². The normalized spacial score (nSPS) is 12.4. The molecule has 1 aromatic heterocycles. The maximum atomic E-state index is 13.0. The number of aryl methyl sites for hydroxylation is 1. The Hall–Kier alpha value is -0.970. The van der Waals surface area contributed by atoms with Crippen LogP contribution in [0.25, 0.3) is 0 Å². The molecule has 0 atom stereocenters. The van der Waals surface area contributed by atoms with Crippen LogP contribution in [0.1, 0.15) is 51.8 Å². The fourth-order valence-corrected chi connectivity index (χ4v) is 1.57. The molecular weight excluding hydrogens is 224 g/mol. The predicted molar refractivity (Wildman–Crippen MR) is 64.1 cm³/mol. The lowest BCUT2D eigenvalue weighted by molar-refractivity contribution is 0.137. The lowest BCUT2D eigenvalue weighted by atomic mass is 10.1. The van der Waals surface area contributed by atoms with E-state index in [0.717, 1.165) is 6.42 Å². The standard InChI is InChI=1S/C12H21F2N3/c1-5-6-17-10(11(13)14)9(8-16-17)7-15-12(2,3)4/h8,11,15H,5-7H2,1-4H3. The lowest BCUT2D eigenvalue weighted by Gasteiger charge is -2.20. The van der Waals surface area contributed by atoms with Crippen molar-refractivity contribution < 1.29 is 8.78 Å². The summed E-state index contributed by atoms with van der Waals surface area (Å²) in [4.78, 5) is 0. The van der Waals surface area contributed by atoms with E-state index < -0.39 is 6.43 Å². The van der Waals surface area contributed by atoms with Gasteiger partial charge in [-0.25, -0.2) is 8.78 Å². The van der Waals surface area contributed by atoms with Gasteiger partial charge in [0, 0.05) is 24.2 Å². The van der Waals surface area contributed by atoms with Crippen LogP contribution in [0.4, 0.5) is 8.78 Å². The van der Waals surface area contributed by atoms with Crippen molar-refractivity contribution in [3.05, 3.63) is 17.5 Å². The highest BCUT2D eigenvalue weighted by Crippen LogP contribution is 2.23. The molecule has 98 valence electrons. The van der Waals surface area contributed by atoms with E-state index in [9.17, 15) is 8.78 Å². The number of nitrogens with one attached hydrogen (secondary N) is 1. The van der Waals surface area contributed by atoms with Gasteiger partial charge in [-0.2, -0.15) is 5.10 Å². The maximum absolute atomic E-state index is 13.0. The minimum atomic E-state index is -2.47. The minimum Gasteiger partial charge on any atom is -0.308 e. The molecule has 0 spiro atoms. The first-order valence-corrected chi connectivity index (χ1v) is 5.93. The summed E-state index contributed by atoms with van der Waals surface area (Å²) in [5.41, 5.74) is 0.540. The van der Waals surface area contributed by atoms with Gasteiger partial charge >= 0.3 is 0 Å². The lowest BCUT2D eigenvalue weighted by Crippen LogP contribution is -2.35. The molecule has 1 aromatic rings. The zero-order valence-electron chi connectivity index (χ0n) is 10.9. The fourth-order valence-electron chi connectivity index (χ4n) is 1.57. The second-order valence-corrected chi connectivity index (χ2v) is 5.18. The molecular formula is C12H21F2N3. The summed E-state index contributed by atoms with van der Waals surface area (Å²) < 4.78 is 27.4. The molecule has 1 rings (SSSR count). The van der Waals surface area contributed by atoms with Crippen LogP contribution >= 0.6 is 0 Å². The quantitative estimate of drug-likeness (QED) is 0.863. The van der Waals surface area contributed by atoms with Gasteiger partial charge in [0.1, 0.15) is 5.69 Å². The Morgan fingerprint density at radius 3 is 2.53 bits per heavy atom. The summed E-state index contributed by atoms with van der Waals surface area (Å²) in [6.45, 7) is 8.93. The summed E-state index contributed by atoms with van der Waals surface area (Å²) in [5.74, 6) is 0. The van der Waals surface area contributed by atoms with Crippen LogP contribution in [0.15, 0.2) is 6.20 Å². The number of hydrogen-bond donors (Lipinski definition) is 1. The third-order valence-electron chi connectivity index (χ3n) is 2.41. The molecule has 0 aromatic carbocycles. The molecule has 0 aliphatic heterocycles. The SMILES string of the molecule is CCCn1ncc(CNC(C)(C)C)c1C(F)F. The van der Waals surface area contributed by atoms with E-state index in [1.807, 2.05) is 27.7 Å². The average molecular weight is 245 g/mol. The molecule has 0 saturated heterocycles. The van der Waals surface area contributed by atoms with Crippen LogP contribution in [-0.2, 0) is 13.1 Å². The summed E-state index contributed by atoms with van der Waals surface area (Å²) in [5, 5.41) is 7.23. The zero-order valence-corrected chi connectivity index (χ0v) is 10.9. The molecule has 0 saturated carbocycles. The summed E-state index contributed by atoms with van der Waals surface area (Å²) in [7, 11) is 0. The molecule has 0 unspecified atom stereocenters. The van der Waals surface area contributed by atoms with Gasteiger partial charge in [-0.3, -0.25) is 4.68 Å². The van der Waals surface area contributed by atoms with Crippen molar-refractivity contribution in [2.75, 3.05) is 0 Å². The van der Waals surface area contributed by atoms with Crippen molar-refractivity contribution in [3.8, 4) is 0 Å². The second-order valence-electron chi connectivity index (χ2n) is 5.18. The van der Waals surface area contributed by atoms with Crippen molar-refractivity contribution in [1.82, 2.24) is 15.1 Å². The van der Waals surface area contributed by atoms with Crippen molar-refractivity contribution >= 4 is 0 Å². The van der Waals surface area contributed by atoms with E-state index in [1.165, 1.54) is 10.9 Å². The topological polar surface area (TPSA) is 29.9 Å². The highest BCUT2D eigenvalue weighted by Gasteiger charge is 2.20. The second kappa shape index (κ2) is 5.58. The molecule has 1 heterocycles. The first-order chi connectivity index (χ1) is 7.85. The molecule has 0 radical (unpaired) electrons. The van der Waals surface area contributed by atoms with E-state index in [2.05, 4.69) is 10.4 Å². The minimum absolute atomic E-state index is 0.0450. The average Bonchev–Trinajstić information content (AvgIpc) is 2.57. The van der Waals surface area contributed by atoms with Crippen LogP contribution in [0.5, 0.6) is 0 Å². The van der Waals surface area contributed by atoms with Crippen LogP contribution in [-0.4, -0.2) is 15.3 Å². The number of rotatable bonds is 5. The number of nitrogens with zero attached hydrogens (tertiary/aromatic N) is 2. The molecule has 0 aliphatic carbocycles. The van der Waals surface area contributed by atoms with E-state index >= 15 is 0 Å². The largest absolute Gasteiger partial charge is 0.308 e. The summed E-state index contributed by atoms with van der Waals surface area (Å²) >= 11 is 0. The highest BCUT2D eigenvalue weighted by atomic mass is 19.3. The Kier molecular flexibility index (Phi) is 4.62. The number of aromatic nitrogens is 2. The Balaban J connectivity index is 2.84. The van der Waals surface area contributed by atoms with Crippen LogP contribution < -0.4 is 5.32 Å². The van der Waals surface area contributed by atoms with Crippen molar-refractivity contribution in [2.24, 2.45) is 0 Å². The Morgan fingerprint density at radius 2 is 2.06 bits per heavy atom. The molecule has 0 fully saturated rings. The summed E-state index contributed by atoms with van der Waals surface area (Å²) in [6, 6.07) is 0. The number of alkyl halides is 2. The van der Waals surface area contributed by atoms with Crippen LogP contribution in [0.2, 0.25) is 0 Å². The van der Waals surface area contributed by atoms with Gasteiger partial charge in [0.25, 0.3) is 6.43 Å². The van der Waals surface area contributed by atoms with Gasteiger partial charge in [-0.1, -0.05) is 6.92 Å². The first-order valence-electron chi connectivity index (χ1n) is 5.93. The predicted octanol–water partition coefficient (Wildman–Crippen LogP) is 3.12. The molecule has 1 N–H and O–H groups in total. The molecule has 3 nitrogen and oxygen atoms in total. The summed E-state index contributed by atoms with van der Waals surface area (Å²) in [6.07, 6.45) is -0.135. The third kappa shape index (κ3) is 4.07. The molecule has 0 amide bonds. The van der Waals surface area contributed by atoms with E-state index in [4.69, 9.17) is 0 Å². The molecule has 17 heavy (non-hydrogen) atoms. The number of hydrogen-bond acceptors (Lipinski definition) is 2. The van der Waals surface area contributed by atoms with Gasteiger partial charge in [0.2, 0.25) is 0 Å². The Labute approximate surface area is 101 Å². The Morgan fingerprint density at radius 1 is 1.41 bits per heavy atom. The van der Waals surface area contributed by atoms with E-state index in [1.54, 1.807) is 0 Å². The van der Waals surface area contributed by atoms with Gasteiger partial charge < -0.3 is 5.32 Å². The third-order valence-corrected chi connectivity index (χ3v) is 2.41. The van der Waals surface area contributed by atoms with Gasteiger partial charge in [-0.15, -0.1) is 0 Å². The Bertz CT molecular complexity index is 353. The molecule has 0 bridgehead atoms. The van der Waals surface area contributed by atoms with E-state index in [0.29, 0.717) is 18.7 Å². The zero-order chi connectivity index (χ0) is 13.1. The maximum Gasteiger partial charge on any atom is 0.280 e. The molecule has 5 heteroatoms. The van der Waals surface area contributed by atoms with Crippen molar-refractivity contribution in [2.45, 2.75) is 59.2 Å². The number of halogens is 2. The van der Waals surface area contributed by atoms with Crippen molar-refractivity contribution in [1.29, 1.82) is 0 Å². The molecule has 0 aliphatic rings. The first kappa shape index (κ1) is 14.1. The monoisotopic (exact) mass is 245 g/mol. The van der Waals surface area contributed by atoms with Gasteiger partial charge in [0.15, 0.2) is 0 Å². The van der Waals surface area contributed by atoms with Crippen molar-refractivity contribution in [3.63, 3.8) is 0 Å².